The molecule has 40 heavy (non-hydrogen) atoms. The molecular formula is C25H22F4N6O4S. The molecule has 0 atom stereocenters. The lowest BCUT2D eigenvalue weighted by molar-refractivity contribution is -0.274. The molecule has 4 heterocycles. The molecule has 3 aliphatic rings. The minimum atomic E-state index is -4.95. The molecule has 3 aromatic rings. The molecule has 15 heteroatoms. The van der Waals surface area contributed by atoms with Crippen molar-refractivity contribution in [3.8, 4) is 16.3 Å². The Kier molecular flexibility index (Phi) is 6.10. The Hall–Kier alpha value is -3.98. The molecule has 1 aliphatic carbocycles. The SMILES string of the molecule is CN1CCN(c2ccc(OC(F)(F)F)c(Nc3ncc(F)c(-c4cc5c(s4)C4(CC4)N(C(=O)O)C5=O)n3)c2)CC1. The van der Waals surface area contributed by atoms with E-state index in [1.165, 1.54) is 24.3 Å². The zero-order valence-corrected chi connectivity index (χ0v) is 21.8. The topological polar surface area (TPSA) is 111 Å². The number of imide groups is 1. The first-order valence-electron chi connectivity index (χ1n) is 12.3. The molecule has 1 saturated carbocycles. The molecule has 0 radical (unpaired) electrons. The van der Waals surface area contributed by atoms with Crippen LogP contribution >= 0.6 is 11.3 Å². The summed E-state index contributed by atoms with van der Waals surface area (Å²) in [7, 11) is 1.98. The first-order chi connectivity index (χ1) is 18.9. The third-order valence-electron chi connectivity index (χ3n) is 7.21. The minimum Gasteiger partial charge on any atom is -0.465 e. The second-order valence-electron chi connectivity index (χ2n) is 9.84. The van der Waals surface area contributed by atoms with Crippen LogP contribution in [0.5, 0.6) is 5.75 Å². The number of amides is 2. The number of fused-ring (bicyclic) bond motifs is 2. The van der Waals surface area contributed by atoms with Crippen molar-refractivity contribution < 1.29 is 37.0 Å². The van der Waals surface area contributed by atoms with Crippen molar-refractivity contribution in [1.29, 1.82) is 0 Å². The van der Waals surface area contributed by atoms with E-state index in [2.05, 4.69) is 24.9 Å². The van der Waals surface area contributed by atoms with Crippen LogP contribution in [0.4, 0.5) is 39.7 Å². The maximum absolute atomic E-state index is 14.9. The van der Waals surface area contributed by atoms with Crippen molar-refractivity contribution in [3.63, 3.8) is 0 Å². The van der Waals surface area contributed by atoms with E-state index >= 15 is 0 Å². The highest BCUT2D eigenvalue weighted by molar-refractivity contribution is 7.16. The first kappa shape index (κ1) is 26.3. The van der Waals surface area contributed by atoms with Crippen LogP contribution in [0.15, 0.2) is 30.5 Å². The van der Waals surface area contributed by atoms with Gasteiger partial charge in [0.15, 0.2) is 11.6 Å². The number of hydrogen-bond donors (Lipinski definition) is 2. The predicted molar refractivity (Wildman–Crippen MR) is 137 cm³/mol. The zero-order valence-electron chi connectivity index (χ0n) is 21.0. The Morgan fingerprint density at radius 3 is 2.55 bits per heavy atom. The third kappa shape index (κ3) is 4.58. The van der Waals surface area contributed by atoms with Crippen LogP contribution < -0.4 is 15.0 Å². The Morgan fingerprint density at radius 1 is 1.18 bits per heavy atom. The van der Waals surface area contributed by atoms with Gasteiger partial charge < -0.3 is 25.0 Å². The Bertz CT molecular complexity index is 1520. The summed E-state index contributed by atoms with van der Waals surface area (Å²) in [5.74, 6) is -2.18. The standard InChI is InChI=1S/C25H22F4N6O4S/c1-33-6-8-34(9-7-33)13-2-3-17(39-25(27,28)29)16(10-13)31-22-30-12-15(26)19(32-22)18-11-14-20(40-18)24(4-5-24)35(21(14)36)23(37)38/h2-3,10-12H,4-9H2,1H3,(H,37,38)(H,30,31,32). The lowest BCUT2D eigenvalue weighted by Gasteiger charge is -2.34. The maximum atomic E-state index is 14.9. The molecule has 1 spiro atoms. The lowest BCUT2D eigenvalue weighted by Crippen LogP contribution is -2.44. The quantitative estimate of drug-likeness (QED) is 0.410. The fourth-order valence-electron chi connectivity index (χ4n) is 5.08. The van der Waals surface area contributed by atoms with E-state index in [1.807, 2.05) is 11.9 Å². The van der Waals surface area contributed by atoms with Crippen LogP contribution in [-0.2, 0) is 5.54 Å². The summed E-state index contributed by atoms with van der Waals surface area (Å²) in [6.07, 6.45) is -4.47. The largest absolute Gasteiger partial charge is 0.573 e. The lowest BCUT2D eigenvalue weighted by atomic mass is 10.2. The molecule has 0 bridgehead atoms. The number of likely N-dealkylation sites (N-methyl/N-ethyl adjacent to an activating group) is 1. The second kappa shape index (κ2) is 9.30. The molecule has 6 rings (SSSR count). The summed E-state index contributed by atoms with van der Waals surface area (Å²) in [6.45, 7) is 2.92. The number of alkyl halides is 3. The molecule has 10 nitrogen and oxygen atoms in total. The van der Waals surface area contributed by atoms with Crippen LogP contribution in [-0.4, -0.2) is 76.5 Å². The smallest absolute Gasteiger partial charge is 0.465 e. The van der Waals surface area contributed by atoms with Gasteiger partial charge in [0.25, 0.3) is 5.91 Å². The normalized spacial score (nSPS) is 18.3. The van der Waals surface area contributed by atoms with E-state index in [-0.39, 0.29) is 27.8 Å². The van der Waals surface area contributed by atoms with Crippen molar-refractivity contribution >= 4 is 40.7 Å². The molecule has 0 unspecified atom stereocenters. The van der Waals surface area contributed by atoms with Crippen molar-refractivity contribution in [3.05, 3.63) is 46.7 Å². The Balaban J connectivity index is 1.33. The van der Waals surface area contributed by atoms with Crippen LogP contribution in [0.3, 0.4) is 0 Å². The fourth-order valence-corrected chi connectivity index (χ4v) is 6.46. The number of aromatic nitrogens is 2. The number of ether oxygens (including phenoxy) is 1. The number of carbonyl (C=O) groups excluding carboxylic acids is 1. The summed E-state index contributed by atoms with van der Waals surface area (Å²) in [5.41, 5.74) is -0.328. The number of nitrogens with one attached hydrogen (secondary N) is 1. The highest BCUT2D eigenvalue weighted by atomic mass is 32.1. The van der Waals surface area contributed by atoms with Gasteiger partial charge in [0, 0.05) is 36.7 Å². The average molecular weight is 579 g/mol. The van der Waals surface area contributed by atoms with Crippen molar-refractivity contribution in [2.75, 3.05) is 43.4 Å². The van der Waals surface area contributed by atoms with Gasteiger partial charge in [-0.25, -0.2) is 24.1 Å². The monoisotopic (exact) mass is 578 g/mol. The second-order valence-corrected chi connectivity index (χ2v) is 10.9. The van der Waals surface area contributed by atoms with E-state index in [9.17, 15) is 32.3 Å². The number of anilines is 3. The average Bonchev–Trinajstić information content (AvgIpc) is 3.48. The number of benzene rings is 1. The summed E-state index contributed by atoms with van der Waals surface area (Å²) in [4.78, 5) is 38.3. The van der Waals surface area contributed by atoms with Crippen molar-refractivity contribution in [2.45, 2.75) is 24.7 Å². The molecule has 2 fully saturated rings. The van der Waals surface area contributed by atoms with Gasteiger partial charge in [0.05, 0.1) is 27.9 Å². The molecule has 2 aliphatic heterocycles. The van der Waals surface area contributed by atoms with Crippen LogP contribution in [0.1, 0.15) is 28.1 Å². The van der Waals surface area contributed by atoms with Crippen LogP contribution in [0.2, 0.25) is 0 Å². The number of halogens is 4. The molecule has 2 amide bonds. The van der Waals surface area contributed by atoms with Gasteiger partial charge in [-0.1, -0.05) is 0 Å². The maximum Gasteiger partial charge on any atom is 0.573 e. The van der Waals surface area contributed by atoms with E-state index in [1.54, 1.807) is 0 Å². The van der Waals surface area contributed by atoms with Gasteiger partial charge in [-0.15, -0.1) is 24.5 Å². The van der Waals surface area contributed by atoms with Crippen LogP contribution in [0.25, 0.3) is 10.6 Å². The zero-order chi connectivity index (χ0) is 28.4. The highest BCUT2D eigenvalue weighted by Crippen LogP contribution is 2.59. The highest BCUT2D eigenvalue weighted by Gasteiger charge is 2.62. The van der Waals surface area contributed by atoms with Crippen molar-refractivity contribution in [1.82, 2.24) is 19.8 Å². The molecule has 1 saturated heterocycles. The number of hydrogen-bond acceptors (Lipinski definition) is 9. The Labute approximate surface area is 228 Å². The number of nitrogens with zero attached hydrogens (tertiary/aromatic N) is 5. The summed E-state index contributed by atoms with van der Waals surface area (Å²) < 4.78 is 58.5. The number of carbonyl (C=O) groups is 2. The molecule has 1 aromatic carbocycles. The molecule has 2 N–H and O–H groups in total. The fraction of sp³-hybridized carbons (Fsp3) is 0.360. The van der Waals surface area contributed by atoms with E-state index < -0.39 is 35.5 Å². The van der Waals surface area contributed by atoms with Gasteiger partial charge in [-0.2, -0.15) is 0 Å². The van der Waals surface area contributed by atoms with Crippen molar-refractivity contribution in [2.24, 2.45) is 0 Å². The molecule has 2 aromatic heterocycles. The van der Waals surface area contributed by atoms with Gasteiger partial charge in [-0.05, 0) is 44.2 Å². The predicted octanol–water partition coefficient (Wildman–Crippen LogP) is 4.86. The summed E-state index contributed by atoms with van der Waals surface area (Å²) >= 11 is 1.06. The minimum absolute atomic E-state index is 0.0656. The van der Waals surface area contributed by atoms with E-state index in [0.717, 1.165) is 35.5 Å². The van der Waals surface area contributed by atoms with Crippen LogP contribution in [0, 0.1) is 5.82 Å². The number of rotatable bonds is 5. The number of carboxylic acid groups (broad SMARTS) is 1. The van der Waals surface area contributed by atoms with Gasteiger partial charge in [0.1, 0.15) is 5.69 Å². The number of piperazine rings is 1. The third-order valence-corrected chi connectivity index (χ3v) is 8.55. The van der Waals surface area contributed by atoms with Gasteiger partial charge in [0.2, 0.25) is 5.95 Å². The van der Waals surface area contributed by atoms with E-state index in [0.29, 0.717) is 36.5 Å². The molecule has 210 valence electrons. The molecular weight excluding hydrogens is 556 g/mol. The Morgan fingerprint density at radius 2 is 1.90 bits per heavy atom. The summed E-state index contributed by atoms with van der Waals surface area (Å²) in [5, 5.41) is 12.2. The summed E-state index contributed by atoms with van der Waals surface area (Å²) in [6, 6.07) is 5.63. The van der Waals surface area contributed by atoms with E-state index in [4.69, 9.17) is 0 Å². The van der Waals surface area contributed by atoms with Gasteiger partial charge >= 0.3 is 12.5 Å². The number of thiophene rings is 1. The van der Waals surface area contributed by atoms with Gasteiger partial charge in [-0.3, -0.25) is 4.79 Å². The first-order valence-corrected chi connectivity index (χ1v) is 13.1.